The zero-order valence-corrected chi connectivity index (χ0v) is 9.35. The van der Waals surface area contributed by atoms with Crippen molar-refractivity contribution in [2.24, 2.45) is 5.73 Å². The first-order valence-corrected chi connectivity index (χ1v) is 6.48. The minimum Gasteiger partial charge on any atom is -0.326 e. The lowest BCUT2D eigenvalue weighted by Crippen LogP contribution is -2.10. The summed E-state index contributed by atoms with van der Waals surface area (Å²) >= 11 is 0. The normalized spacial score (nSPS) is 11.7. The summed E-state index contributed by atoms with van der Waals surface area (Å²) in [7, 11) is -3.10. The van der Waals surface area contributed by atoms with Crippen LogP contribution in [0.1, 0.15) is 18.1 Å². The van der Waals surface area contributed by atoms with E-state index >= 15 is 0 Å². The SMILES string of the molecule is CCS(=O)(=O)Cc1ccc(F)cc1CN. The molecule has 0 saturated heterocycles. The van der Waals surface area contributed by atoms with Gasteiger partial charge in [-0.25, -0.2) is 12.8 Å². The van der Waals surface area contributed by atoms with Crippen molar-refractivity contribution in [1.82, 2.24) is 0 Å². The average Bonchev–Trinajstić information content (AvgIpc) is 2.20. The lowest BCUT2D eigenvalue weighted by Gasteiger charge is -2.07. The van der Waals surface area contributed by atoms with Crippen LogP contribution in [-0.2, 0) is 22.1 Å². The summed E-state index contributed by atoms with van der Waals surface area (Å²) in [6.07, 6.45) is 0. The largest absolute Gasteiger partial charge is 0.326 e. The summed E-state index contributed by atoms with van der Waals surface area (Å²) in [5.41, 5.74) is 6.55. The molecule has 0 fully saturated rings. The van der Waals surface area contributed by atoms with Gasteiger partial charge in [0.25, 0.3) is 0 Å². The van der Waals surface area contributed by atoms with Gasteiger partial charge >= 0.3 is 0 Å². The zero-order chi connectivity index (χ0) is 11.5. The molecule has 5 heteroatoms. The molecule has 84 valence electrons. The van der Waals surface area contributed by atoms with E-state index < -0.39 is 15.7 Å². The fraction of sp³-hybridized carbons (Fsp3) is 0.400. The van der Waals surface area contributed by atoms with E-state index in [1.807, 2.05) is 0 Å². The summed E-state index contributed by atoms with van der Waals surface area (Å²) in [5.74, 6) is -0.391. The van der Waals surface area contributed by atoms with Crippen molar-refractivity contribution in [2.45, 2.75) is 19.2 Å². The van der Waals surface area contributed by atoms with Crippen LogP contribution in [0.2, 0.25) is 0 Å². The number of benzene rings is 1. The standard InChI is InChI=1S/C10H14FNO2S/c1-2-15(13,14)7-8-3-4-10(11)5-9(8)6-12/h3-5H,2,6-7,12H2,1H3. The van der Waals surface area contributed by atoms with E-state index in [2.05, 4.69) is 0 Å². The Morgan fingerprint density at radius 1 is 1.33 bits per heavy atom. The van der Waals surface area contributed by atoms with Crippen LogP contribution in [0, 0.1) is 5.82 Å². The Morgan fingerprint density at radius 3 is 2.53 bits per heavy atom. The first-order valence-electron chi connectivity index (χ1n) is 4.66. The lowest BCUT2D eigenvalue weighted by molar-refractivity contribution is 0.595. The number of hydrogen-bond donors (Lipinski definition) is 1. The molecule has 0 unspecified atom stereocenters. The highest BCUT2D eigenvalue weighted by molar-refractivity contribution is 7.90. The summed E-state index contributed by atoms with van der Waals surface area (Å²) in [6, 6.07) is 4.00. The van der Waals surface area contributed by atoms with Gasteiger partial charge < -0.3 is 5.73 Å². The molecule has 0 atom stereocenters. The van der Waals surface area contributed by atoms with Gasteiger partial charge in [0.2, 0.25) is 0 Å². The third kappa shape index (κ3) is 3.28. The van der Waals surface area contributed by atoms with Crippen LogP contribution in [0.4, 0.5) is 4.39 Å². The molecule has 1 rings (SSSR count). The molecule has 0 aliphatic rings. The van der Waals surface area contributed by atoms with Crippen LogP contribution in [0.3, 0.4) is 0 Å². The smallest absolute Gasteiger partial charge is 0.154 e. The second kappa shape index (κ2) is 4.72. The zero-order valence-electron chi connectivity index (χ0n) is 8.53. The van der Waals surface area contributed by atoms with Crippen LogP contribution in [0.25, 0.3) is 0 Å². The van der Waals surface area contributed by atoms with Crippen LogP contribution in [0.15, 0.2) is 18.2 Å². The molecule has 1 aromatic carbocycles. The molecule has 15 heavy (non-hydrogen) atoms. The maximum Gasteiger partial charge on any atom is 0.154 e. The molecular formula is C10H14FNO2S. The van der Waals surface area contributed by atoms with E-state index in [0.29, 0.717) is 11.1 Å². The van der Waals surface area contributed by atoms with E-state index in [-0.39, 0.29) is 18.1 Å². The van der Waals surface area contributed by atoms with Crippen molar-refractivity contribution in [3.8, 4) is 0 Å². The maximum atomic E-state index is 12.8. The Balaban J connectivity index is 3.05. The second-order valence-corrected chi connectivity index (χ2v) is 5.65. The first-order chi connectivity index (χ1) is 6.98. The van der Waals surface area contributed by atoms with Gasteiger partial charge in [-0.3, -0.25) is 0 Å². The highest BCUT2D eigenvalue weighted by atomic mass is 32.2. The molecule has 0 radical (unpaired) electrons. The van der Waals surface area contributed by atoms with Crippen molar-refractivity contribution in [3.05, 3.63) is 35.1 Å². The van der Waals surface area contributed by atoms with Gasteiger partial charge in [-0.2, -0.15) is 0 Å². The van der Waals surface area contributed by atoms with Crippen molar-refractivity contribution >= 4 is 9.84 Å². The topological polar surface area (TPSA) is 60.2 Å². The monoisotopic (exact) mass is 231 g/mol. The third-order valence-electron chi connectivity index (χ3n) is 2.20. The number of rotatable bonds is 4. The van der Waals surface area contributed by atoms with E-state index in [0.717, 1.165) is 0 Å². The fourth-order valence-electron chi connectivity index (χ4n) is 1.26. The quantitative estimate of drug-likeness (QED) is 0.847. The second-order valence-electron chi connectivity index (χ2n) is 3.29. The summed E-state index contributed by atoms with van der Waals surface area (Å²) in [5, 5.41) is 0. The van der Waals surface area contributed by atoms with Gasteiger partial charge in [0.1, 0.15) is 5.82 Å². The minimum absolute atomic E-state index is 0.0731. The summed E-state index contributed by atoms with van der Waals surface area (Å²) < 4.78 is 35.6. The Hall–Kier alpha value is -0.940. The predicted molar refractivity (Wildman–Crippen MR) is 57.5 cm³/mol. The molecule has 0 bridgehead atoms. The molecule has 0 aromatic heterocycles. The van der Waals surface area contributed by atoms with Crippen LogP contribution in [0.5, 0.6) is 0 Å². The predicted octanol–water partition coefficient (Wildman–Crippen LogP) is 1.22. The molecule has 0 spiro atoms. The highest BCUT2D eigenvalue weighted by Crippen LogP contribution is 2.14. The molecule has 3 nitrogen and oxygen atoms in total. The van der Waals surface area contributed by atoms with Crippen molar-refractivity contribution in [2.75, 3.05) is 5.75 Å². The van der Waals surface area contributed by atoms with Crippen molar-refractivity contribution in [1.29, 1.82) is 0 Å². The molecular weight excluding hydrogens is 217 g/mol. The first kappa shape index (κ1) is 12.1. The van der Waals surface area contributed by atoms with Crippen molar-refractivity contribution < 1.29 is 12.8 Å². The Bertz CT molecular complexity index is 443. The maximum absolute atomic E-state index is 12.8. The van der Waals surface area contributed by atoms with Gasteiger partial charge in [-0.15, -0.1) is 0 Å². The van der Waals surface area contributed by atoms with Crippen LogP contribution in [-0.4, -0.2) is 14.2 Å². The van der Waals surface area contributed by atoms with E-state index in [4.69, 9.17) is 5.73 Å². The fourth-order valence-corrected chi connectivity index (χ4v) is 2.22. The molecule has 0 amide bonds. The molecule has 2 N–H and O–H groups in total. The number of sulfone groups is 1. The molecule has 0 heterocycles. The van der Waals surface area contributed by atoms with Gasteiger partial charge in [-0.1, -0.05) is 13.0 Å². The van der Waals surface area contributed by atoms with E-state index in [1.165, 1.54) is 18.2 Å². The van der Waals surface area contributed by atoms with Crippen molar-refractivity contribution in [3.63, 3.8) is 0 Å². The van der Waals surface area contributed by atoms with Crippen LogP contribution < -0.4 is 5.73 Å². The molecule has 0 aliphatic carbocycles. The minimum atomic E-state index is -3.10. The number of hydrogen-bond acceptors (Lipinski definition) is 3. The molecule has 0 saturated carbocycles. The number of halogens is 1. The van der Waals surface area contributed by atoms with Gasteiger partial charge in [0.15, 0.2) is 9.84 Å². The molecule has 0 aliphatic heterocycles. The van der Waals surface area contributed by atoms with E-state index in [1.54, 1.807) is 6.92 Å². The lowest BCUT2D eigenvalue weighted by atomic mass is 10.1. The van der Waals surface area contributed by atoms with Gasteiger partial charge in [0, 0.05) is 12.3 Å². The highest BCUT2D eigenvalue weighted by Gasteiger charge is 2.12. The summed E-state index contributed by atoms with van der Waals surface area (Å²) in [4.78, 5) is 0. The Kier molecular flexibility index (Phi) is 3.82. The third-order valence-corrected chi connectivity index (χ3v) is 3.83. The Morgan fingerprint density at radius 2 is 2.00 bits per heavy atom. The summed E-state index contributed by atoms with van der Waals surface area (Å²) in [6.45, 7) is 1.73. The average molecular weight is 231 g/mol. The van der Waals surface area contributed by atoms with E-state index in [9.17, 15) is 12.8 Å². The number of nitrogens with two attached hydrogens (primary N) is 1. The van der Waals surface area contributed by atoms with Gasteiger partial charge in [0.05, 0.1) is 5.75 Å². The van der Waals surface area contributed by atoms with Gasteiger partial charge in [-0.05, 0) is 23.3 Å². The Labute approximate surface area is 89.0 Å². The molecule has 1 aromatic rings. The van der Waals surface area contributed by atoms with Crippen LogP contribution >= 0.6 is 0 Å².